The maximum Gasteiger partial charge on any atom is 0.255 e. The SMILES string of the molecule is Cc1cccc(CNc2ccc(NC(=O)c3cccc(Br)c3)cn2)c1. The van der Waals surface area contributed by atoms with Gasteiger partial charge in [0.1, 0.15) is 5.82 Å². The topological polar surface area (TPSA) is 54.0 Å². The molecule has 1 amide bonds. The lowest BCUT2D eigenvalue weighted by Crippen LogP contribution is -2.12. The van der Waals surface area contributed by atoms with E-state index >= 15 is 0 Å². The van der Waals surface area contributed by atoms with E-state index in [0.29, 0.717) is 17.8 Å². The average Bonchev–Trinajstić information content (AvgIpc) is 2.61. The Bertz CT molecular complexity index is 878. The highest BCUT2D eigenvalue weighted by Crippen LogP contribution is 2.15. The lowest BCUT2D eigenvalue weighted by molar-refractivity contribution is 0.102. The molecule has 3 aromatic rings. The van der Waals surface area contributed by atoms with Gasteiger partial charge in [-0.3, -0.25) is 4.79 Å². The zero-order chi connectivity index (χ0) is 17.6. The molecule has 0 atom stereocenters. The van der Waals surface area contributed by atoms with Gasteiger partial charge in [-0.2, -0.15) is 0 Å². The zero-order valence-corrected chi connectivity index (χ0v) is 15.4. The number of amides is 1. The van der Waals surface area contributed by atoms with Crippen molar-refractivity contribution < 1.29 is 4.79 Å². The van der Waals surface area contributed by atoms with Gasteiger partial charge in [0.05, 0.1) is 11.9 Å². The van der Waals surface area contributed by atoms with Gasteiger partial charge in [-0.25, -0.2) is 4.98 Å². The van der Waals surface area contributed by atoms with E-state index < -0.39 is 0 Å². The first-order valence-corrected chi connectivity index (χ1v) is 8.72. The standard InChI is InChI=1S/C20H18BrN3O/c1-14-4-2-5-15(10-14)12-22-19-9-8-18(13-23-19)24-20(25)16-6-3-7-17(21)11-16/h2-11,13H,12H2,1H3,(H,22,23)(H,24,25). The summed E-state index contributed by atoms with van der Waals surface area (Å²) in [5.74, 6) is 0.602. The van der Waals surface area contributed by atoms with Gasteiger partial charge in [-0.15, -0.1) is 0 Å². The largest absolute Gasteiger partial charge is 0.366 e. The molecule has 1 aromatic heterocycles. The summed E-state index contributed by atoms with van der Waals surface area (Å²) in [5.41, 5.74) is 3.69. The Morgan fingerprint density at radius 3 is 2.64 bits per heavy atom. The minimum Gasteiger partial charge on any atom is -0.366 e. The minimum absolute atomic E-state index is 0.163. The van der Waals surface area contributed by atoms with Crippen molar-refractivity contribution in [2.24, 2.45) is 0 Å². The number of nitrogens with one attached hydrogen (secondary N) is 2. The van der Waals surface area contributed by atoms with Crippen molar-refractivity contribution >= 4 is 33.3 Å². The van der Waals surface area contributed by atoms with Crippen LogP contribution in [0.15, 0.2) is 71.3 Å². The Morgan fingerprint density at radius 2 is 1.92 bits per heavy atom. The molecule has 0 fully saturated rings. The molecule has 126 valence electrons. The van der Waals surface area contributed by atoms with Crippen LogP contribution < -0.4 is 10.6 Å². The van der Waals surface area contributed by atoms with Crippen LogP contribution in [0.1, 0.15) is 21.5 Å². The van der Waals surface area contributed by atoms with Crippen molar-refractivity contribution in [3.05, 3.63) is 88.0 Å². The molecule has 3 rings (SSSR count). The van der Waals surface area contributed by atoms with E-state index in [9.17, 15) is 4.79 Å². The number of aromatic nitrogens is 1. The van der Waals surface area contributed by atoms with E-state index in [-0.39, 0.29) is 5.91 Å². The molecule has 0 aliphatic carbocycles. The number of rotatable bonds is 5. The number of pyridine rings is 1. The molecule has 0 bridgehead atoms. The van der Waals surface area contributed by atoms with Crippen LogP contribution in [-0.2, 0) is 6.54 Å². The third kappa shape index (κ3) is 4.90. The summed E-state index contributed by atoms with van der Waals surface area (Å²) in [6, 6.07) is 19.3. The van der Waals surface area contributed by atoms with Crippen molar-refractivity contribution in [2.75, 3.05) is 10.6 Å². The number of hydrogen-bond acceptors (Lipinski definition) is 3. The number of nitrogens with zero attached hydrogens (tertiary/aromatic N) is 1. The van der Waals surface area contributed by atoms with E-state index in [4.69, 9.17) is 0 Å². The smallest absolute Gasteiger partial charge is 0.255 e. The number of carbonyl (C=O) groups is 1. The zero-order valence-electron chi connectivity index (χ0n) is 13.8. The summed E-state index contributed by atoms with van der Waals surface area (Å²) < 4.78 is 0.869. The minimum atomic E-state index is -0.163. The van der Waals surface area contributed by atoms with Gasteiger partial charge in [-0.1, -0.05) is 51.8 Å². The van der Waals surface area contributed by atoms with Crippen LogP contribution in [0.5, 0.6) is 0 Å². The third-order valence-corrected chi connectivity index (χ3v) is 4.16. The van der Waals surface area contributed by atoms with Crippen molar-refractivity contribution in [3.63, 3.8) is 0 Å². The normalized spacial score (nSPS) is 10.3. The Labute approximate surface area is 155 Å². The van der Waals surface area contributed by atoms with Crippen LogP contribution in [0.4, 0.5) is 11.5 Å². The fraction of sp³-hybridized carbons (Fsp3) is 0.100. The predicted molar refractivity (Wildman–Crippen MR) is 105 cm³/mol. The Hall–Kier alpha value is -2.66. The number of benzene rings is 2. The van der Waals surface area contributed by atoms with Gasteiger partial charge >= 0.3 is 0 Å². The van der Waals surface area contributed by atoms with Crippen LogP contribution in [-0.4, -0.2) is 10.9 Å². The van der Waals surface area contributed by atoms with Crippen molar-refractivity contribution in [3.8, 4) is 0 Å². The number of carbonyl (C=O) groups excluding carboxylic acids is 1. The first kappa shape index (κ1) is 17.2. The van der Waals surface area contributed by atoms with E-state index in [1.807, 2.05) is 30.3 Å². The summed E-state index contributed by atoms with van der Waals surface area (Å²) in [4.78, 5) is 16.6. The highest BCUT2D eigenvalue weighted by atomic mass is 79.9. The third-order valence-electron chi connectivity index (χ3n) is 3.66. The van der Waals surface area contributed by atoms with Gasteiger partial charge in [0.2, 0.25) is 0 Å². The molecular formula is C20H18BrN3O. The molecule has 0 saturated heterocycles. The number of hydrogen-bond donors (Lipinski definition) is 2. The van der Waals surface area contributed by atoms with E-state index in [1.165, 1.54) is 11.1 Å². The van der Waals surface area contributed by atoms with Crippen LogP contribution in [0.3, 0.4) is 0 Å². The second kappa shape index (κ2) is 7.94. The van der Waals surface area contributed by atoms with Crippen LogP contribution in [0, 0.1) is 6.92 Å². The van der Waals surface area contributed by atoms with Gasteiger partial charge in [0, 0.05) is 16.6 Å². The molecule has 0 radical (unpaired) electrons. The molecule has 1 heterocycles. The van der Waals surface area contributed by atoms with Crippen LogP contribution in [0.25, 0.3) is 0 Å². The predicted octanol–water partition coefficient (Wildman–Crippen LogP) is 5.02. The highest BCUT2D eigenvalue weighted by molar-refractivity contribution is 9.10. The van der Waals surface area contributed by atoms with E-state index in [1.54, 1.807) is 18.3 Å². The van der Waals surface area contributed by atoms with E-state index in [0.717, 1.165) is 10.3 Å². The van der Waals surface area contributed by atoms with Gasteiger partial charge in [-0.05, 0) is 42.8 Å². The number of halogens is 1. The number of anilines is 2. The van der Waals surface area contributed by atoms with Gasteiger partial charge in [0.25, 0.3) is 5.91 Å². The molecule has 25 heavy (non-hydrogen) atoms. The maximum absolute atomic E-state index is 12.2. The maximum atomic E-state index is 12.2. The molecule has 2 N–H and O–H groups in total. The average molecular weight is 396 g/mol. The molecule has 0 unspecified atom stereocenters. The molecule has 4 nitrogen and oxygen atoms in total. The molecule has 2 aromatic carbocycles. The molecule has 0 aliphatic rings. The molecule has 0 saturated carbocycles. The first-order chi connectivity index (χ1) is 12.1. The summed E-state index contributed by atoms with van der Waals surface area (Å²) in [6.07, 6.45) is 1.65. The summed E-state index contributed by atoms with van der Waals surface area (Å²) in [6.45, 7) is 2.78. The second-order valence-corrected chi connectivity index (χ2v) is 6.65. The number of aryl methyl sites for hydroxylation is 1. The quantitative estimate of drug-likeness (QED) is 0.637. The summed E-state index contributed by atoms with van der Waals surface area (Å²) >= 11 is 3.37. The monoisotopic (exact) mass is 395 g/mol. The van der Waals surface area contributed by atoms with Crippen LogP contribution in [0.2, 0.25) is 0 Å². The second-order valence-electron chi connectivity index (χ2n) is 5.74. The fourth-order valence-corrected chi connectivity index (χ4v) is 2.82. The molecular weight excluding hydrogens is 378 g/mol. The lowest BCUT2D eigenvalue weighted by Gasteiger charge is -2.08. The summed E-state index contributed by atoms with van der Waals surface area (Å²) in [7, 11) is 0. The van der Waals surface area contributed by atoms with Crippen LogP contribution >= 0.6 is 15.9 Å². The van der Waals surface area contributed by atoms with Crippen molar-refractivity contribution in [1.29, 1.82) is 0 Å². The Morgan fingerprint density at radius 1 is 1.08 bits per heavy atom. The molecule has 5 heteroatoms. The highest BCUT2D eigenvalue weighted by Gasteiger charge is 2.06. The van der Waals surface area contributed by atoms with Gasteiger partial charge in [0.15, 0.2) is 0 Å². The fourth-order valence-electron chi connectivity index (χ4n) is 2.42. The Kier molecular flexibility index (Phi) is 5.46. The van der Waals surface area contributed by atoms with Gasteiger partial charge < -0.3 is 10.6 Å². The lowest BCUT2D eigenvalue weighted by atomic mass is 10.1. The summed E-state index contributed by atoms with van der Waals surface area (Å²) in [5, 5.41) is 6.12. The van der Waals surface area contributed by atoms with E-state index in [2.05, 4.69) is 56.7 Å². The Balaban J connectivity index is 1.59. The van der Waals surface area contributed by atoms with Crippen molar-refractivity contribution in [2.45, 2.75) is 13.5 Å². The molecule has 0 aliphatic heterocycles. The molecule has 0 spiro atoms. The first-order valence-electron chi connectivity index (χ1n) is 7.92. The van der Waals surface area contributed by atoms with Crippen molar-refractivity contribution in [1.82, 2.24) is 4.98 Å².